The van der Waals surface area contributed by atoms with E-state index in [4.69, 9.17) is 5.73 Å². The minimum Gasteiger partial charge on any atom is -0.330 e. The van der Waals surface area contributed by atoms with Gasteiger partial charge >= 0.3 is 0 Å². The molecule has 0 bridgehead atoms. The van der Waals surface area contributed by atoms with Gasteiger partial charge in [0.05, 0.1) is 17.2 Å². The van der Waals surface area contributed by atoms with Crippen molar-refractivity contribution in [2.75, 3.05) is 6.54 Å². The summed E-state index contributed by atoms with van der Waals surface area (Å²) in [4.78, 5) is 10.2. The van der Waals surface area contributed by atoms with Gasteiger partial charge < -0.3 is 5.73 Å². The number of benzene rings is 1. The number of aromatic nitrogens is 3. The smallest absolute Gasteiger partial charge is 0.269 e. The number of hydrogen-bond donors (Lipinski definition) is 1. The van der Waals surface area contributed by atoms with E-state index in [0.29, 0.717) is 19.5 Å². The largest absolute Gasteiger partial charge is 0.330 e. The molecular weight excluding hydrogens is 234 g/mol. The van der Waals surface area contributed by atoms with Crippen molar-refractivity contribution in [2.24, 2.45) is 5.73 Å². The Morgan fingerprint density at radius 1 is 1.44 bits per heavy atom. The van der Waals surface area contributed by atoms with E-state index in [1.54, 1.807) is 16.9 Å². The Labute approximate surface area is 103 Å². The molecule has 0 aliphatic carbocycles. The highest BCUT2D eigenvalue weighted by atomic mass is 16.6. The number of hydrogen-bond acceptors (Lipinski definition) is 5. The van der Waals surface area contributed by atoms with E-state index in [1.165, 1.54) is 12.1 Å². The van der Waals surface area contributed by atoms with Crippen molar-refractivity contribution in [3.05, 3.63) is 51.8 Å². The van der Waals surface area contributed by atoms with E-state index >= 15 is 0 Å². The fourth-order valence-corrected chi connectivity index (χ4v) is 1.63. The quantitative estimate of drug-likeness (QED) is 0.620. The van der Waals surface area contributed by atoms with Crippen molar-refractivity contribution in [3.63, 3.8) is 0 Å². The van der Waals surface area contributed by atoms with E-state index in [1.807, 2.05) is 6.07 Å². The zero-order chi connectivity index (χ0) is 13.0. The number of nitrogens with two attached hydrogens (primary N) is 1. The number of nitro groups is 1. The second-order valence-corrected chi connectivity index (χ2v) is 3.87. The van der Waals surface area contributed by atoms with Crippen molar-refractivity contribution in [2.45, 2.75) is 13.0 Å². The van der Waals surface area contributed by atoms with Gasteiger partial charge in [-0.05, 0) is 12.1 Å². The average Bonchev–Trinajstić information content (AvgIpc) is 2.77. The molecule has 0 fully saturated rings. The predicted molar refractivity (Wildman–Crippen MR) is 65.0 cm³/mol. The van der Waals surface area contributed by atoms with E-state index in [-0.39, 0.29) is 5.69 Å². The molecule has 7 heteroatoms. The van der Waals surface area contributed by atoms with E-state index < -0.39 is 4.92 Å². The topological polar surface area (TPSA) is 99.9 Å². The first-order valence-electron chi connectivity index (χ1n) is 5.51. The maximum Gasteiger partial charge on any atom is 0.269 e. The molecule has 0 radical (unpaired) electrons. The third kappa shape index (κ3) is 2.89. The minimum absolute atomic E-state index is 0.0785. The van der Waals surface area contributed by atoms with Crippen LogP contribution in [0.1, 0.15) is 11.3 Å². The maximum atomic E-state index is 10.7. The summed E-state index contributed by atoms with van der Waals surface area (Å²) >= 11 is 0. The molecule has 1 aromatic heterocycles. The summed E-state index contributed by atoms with van der Waals surface area (Å²) in [6, 6.07) is 6.47. The first-order valence-corrected chi connectivity index (χ1v) is 5.51. The van der Waals surface area contributed by atoms with Gasteiger partial charge in [0, 0.05) is 24.8 Å². The summed E-state index contributed by atoms with van der Waals surface area (Å²) in [5.74, 6) is 0. The third-order valence-corrected chi connectivity index (χ3v) is 2.45. The average molecular weight is 247 g/mol. The molecule has 1 aromatic carbocycles. The van der Waals surface area contributed by atoms with Crippen LogP contribution in [0.15, 0.2) is 30.5 Å². The molecule has 0 atom stereocenters. The SMILES string of the molecule is NCCc1cn(Cc2cccc([N+](=O)[O-])c2)nn1. The Bertz CT molecular complexity index is 552. The molecule has 0 unspecified atom stereocenters. The molecule has 94 valence electrons. The first-order chi connectivity index (χ1) is 8.69. The second kappa shape index (κ2) is 5.37. The molecule has 0 spiro atoms. The summed E-state index contributed by atoms with van der Waals surface area (Å²) in [7, 11) is 0. The van der Waals surface area contributed by atoms with Crippen LogP contribution in [0.2, 0.25) is 0 Å². The van der Waals surface area contributed by atoms with Crippen LogP contribution in [-0.2, 0) is 13.0 Å². The van der Waals surface area contributed by atoms with Crippen LogP contribution in [0, 0.1) is 10.1 Å². The highest BCUT2D eigenvalue weighted by Crippen LogP contribution is 2.13. The molecule has 7 nitrogen and oxygen atoms in total. The van der Waals surface area contributed by atoms with Crippen LogP contribution in [0.25, 0.3) is 0 Å². The third-order valence-electron chi connectivity index (χ3n) is 2.45. The lowest BCUT2D eigenvalue weighted by Crippen LogP contribution is -2.03. The predicted octanol–water partition coefficient (Wildman–Crippen LogP) is 0.736. The van der Waals surface area contributed by atoms with Gasteiger partial charge in [-0.15, -0.1) is 5.10 Å². The molecule has 1 heterocycles. The molecular formula is C11H13N5O2. The Kier molecular flexibility index (Phi) is 3.63. The molecule has 2 rings (SSSR count). The highest BCUT2D eigenvalue weighted by Gasteiger charge is 2.07. The lowest BCUT2D eigenvalue weighted by atomic mass is 10.2. The molecule has 0 amide bonds. The molecule has 0 saturated carbocycles. The zero-order valence-electron chi connectivity index (χ0n) is 9.69. The van der Waals surface area contributed by atoms with Crippen molar-refractivity contribution >= 4 is 5.69 Å². The molecule has 2 N–H and O–H groups in total. The van der Waals surface area contributed by atoms with Crippen LogP contribution in [-0.4, -0.2) is 26.5 Å². The zero-order valence-corrected chi connectivity index (χ0v) is 9.69. The van der Waals surface area contributed by atoms with Gasteiger partial charge in [-0.3, -0.25) is 10.1 Å². The number of nitro benzene ring substituents is 1. The van der Waals surface area contributed by atoms with Crippen LogP contribution in [0.4, 0.5) is 5.69 Å². The van der Waals surface area contributed by atoms with Crippen LogP contribution >= 0.6 is 0 Å². The van der Waals surface area contributed by atoms with Gasteiger partial charge in [0.2, 0.25) is 0 Å². The van der Waals surface area contributed by atoms with Gasteiger partial charge in [0.15, 0.2) is 0 Å². The van der Waals surface area contributed by atoms with E-state index in [0.717, 1.165) is 11.3 Å². The Balaban J connectivity index is 2.12. The van der Waals surface area contributed by atoms with Gasteiger partial charge in [-0.1, -0.05) is 17.3 Å². The Morgan fingerprint density at radius 2 is 2.28 bits per heavy atom. The summed E-state index contributed by atoms with van der Waals surface area (Å²) in [6.45, 7) is 0.981. The second-order valence-electron chi connectivity index (χ2n) is 3.87. The first kappa shape index (κ1) is 12.2. The maximum absolute atomic E-state index is 10.7. The van der Waals surface area contributed by atoms with Crippen molar-refractivity contribution in [3.8, 4) is 0 Å². The molecule has 18 heavy (non-hydrogen) atoms. The normalized spacial score (nSPS) is 10.5. The number of non-ortho nitro benzene ring substituents is 1. The van der Waals surface area contributed by atoms with Crippen LogP contribution in [0.5, 0.6) is 0 Å². The summed E-state index contributed by atoms with van der Waals surface area (Å²) < 4.78 is 1.64. The van der Waals surface area contributed by atoms with Gasteiger partial charge in [0.1, 0.15) is 0 Å². The molecule has 0 saturated heterocycles. The standard InChI is InChI=1S/C11H13N5O2/c12-5-4-10-8-15(14-13-10)7-9-2-1-3-11(6-9)16(17)18/h1-3,6,8H,4-5,7,12H2. The van der Waals surface area contributed by atoms with Crippen LogP contribution < -0.4 is 5.73 Å². The lowest BCUT2D eigenvalue weighted by Gasteiger charge is -2.00. The van der Waals surface area contributed by atoms with Crippen molar-refractivity contribution in [1.29, 1.82) is 0 Å². The highest BCUT2D eigenvalue weighted by molar-refractivity contribution is 5.34. The lowest BCUT2D eigenvalue weighted by molar-refractivity contribution is -0.384. The van der Waals surface area contributed by atoms with Gasteiger partial charge in [-0.25, -0.2) is 4.68 Å². The fourth-order valence-electron chi connectivity index (χ4n) is 1.63. The van der Waals surface area contributed by atoms with E-state index in [2.05, 4.69) is 10.3 Å². The minimum atomic E-state index is -0.412. The summed E-state index contributed by atoms with van der Waals surface area (Å²) in [6.07, 6.45) is 2.47. The number of nitrogens with zero attached hydrogens (tertiary/aromatic N) is 4. The van der Waals surface area contributed by atoms with Crippen LogP contribution in [0.3, 0.4) is 0 Å². The summed E-state index contributed by atoms with van der Waals surface area (Å²) in [5.41, 5.74) is 7.14. The molecule has 0 aliphatic heterocycles. The molecule has 0 aliphatic rings. The fraction of sp³-hybridized carbons (Fsp3) is 0.273. The monoisotopic (exact) mass is 247 g/mol. The Hall–Kier alpha value is -2.28. The van der Waals surface area contributed by atoms with Crippen molar-refractivity contribution in [1.82, 2.24) is 15.0 Å². The van der Waals surface area contributed by atoms with Crippen molar-refractivity contribution < 1.29 is 4.92 Å². The number of rotatable bonds is 5. The Morgan fingerprint density at radius 3 is 3.00 bits per heavy atom. The van der Waals surface area contributed by atoms with Gasteiger partial charge in [-0.2, -0.15) is 0 Å². The van der Waals surface area contributed by atoms with E-state index in [9.17, 15) is 10.1 Å². The summed E-state index contributed by atoms with van der Waals surface area (Å²) in [5, 5.41) is 18.6. The van der Waals surface area contributed by atoms with Gasteiger partial charge in [0.25, 0.3) is 5.69 Å². The molecule has 2 aromatic rings.